The molecular formula is C16H14Mg. The van der Waals surface area contributed by atoms with Crippen LogP contribution in [0.25, 0.3) is 11.1 Å². The van der Waals surface area contributed by atoms with Crippen LogP contribution in [0.4, 0.5) is 0 Å². The summed E-state index contributed by atoms with van der Waals surface area (Å²) >= 11 is 0. The highest BCUT2D eigenvalue weighted by molar-refractivity contribution is 6.02. The zero-order chi connectivity index (χ0) is 11.4. The van der Waals surface area contributed by atoms with E-state index in [1.807, 2.05) is 36.4 Å². The normalized spacial score (nSPS) is 9.18. The van der Waals surface area contributed by atoms with Crippen molar-refractivity contribution < 1.29 is 0 Å². The lowest BCUT2D eigenvalue weighted by Crippen LogP contribution is -1.86. The Kier molecular flexibility index (Phi) is 5.20. The van der Waals surface area contributed by atoms with E-state index in [1.54, 1.807) is 0 Å². The molecule has 2 aromatic rings. The fraction of sp³-hybridized carbons (Fsp3) is 0. The van der Waals surface area contributed by atoms with Crippen molar-refractivity contribution in [2.24, 2.45) is 0 Å². The number of hydrogen-bond acceptors (Lipinski definition) is 0. The molecule has 0 nitrogen and oxygen atoms in total. The maximum Gasteiger partial charge on any atom is 0 e. The molecule has 0 spiro atoms. The maximum absolute atomic E-state index is 4.10. The standard InChI is InChI=1S/C16H14.Mg/c1-13(15-9-5-3-6-10-15)14(2)16-11-7-4-8-12-16;/h3-12H,1-2H2;. The molecule has 17 heavy (non-hydrogen) atoms. The van der Waals surface area contributed by atoms with Crippen LogP contribution in [-0.2, 0) is 0 Å². The van der Waals surface area contributed by atoms with Gasteiger partial charge in [-0.2, -0.15) is 0 Å². The van der Waals surface area contributed by atoms with Gasteiger partial charge in [0, 0.05) is 23.1 Å². The zero-order valence-corrected chi connectivity index (χ0v) is 11.3. The first kappa shape index (κ1) is 13.7. The molecular weight excluding hydrogens is 216 g/mol. The van der Waals surface area contributed by atoms with Crippen molar-refractivity contribution >= 4 is 34.2 Å². The molecule has 0 unspecified atom stereocenters. The van der Waals surface area contributed by atoms with Gasteiger partial charge in [0.25, 0.3) is 0 Å². The first-order valence-electron chi connectivity index (χ1n) is 5.28. The number of allylic oxidation sites excluding steroid dienone is 2. The van der Waals surface area contributed by atoms with Crippen molar-refractivity contribution in [2.75, 3.05) is 0 Å². The molecule has 0 saturated carbocycles. The molecule has 0 aliphatic heterocycles. The first-order valence-corrected chi connectivity index (χ1v) is 5.28. The van der Waals surface area contributed by atoms with Crippen LogP contribution in [0.2, 0.25) is 0 Å². The van der Waals surface area contributed by atoms with E-state index in [0.717, 1.165) is 22.3 Å². The summed E-state index contributed by atoms with van der Waals surface area (Å²) in [5.41, 5.74) is 4.20. The van der Waals surface area contributed by atoms with Crippen LogP contribution in [0, 0.1) is 0 Å². The average Bonchev–Trinajstić information content (AvgIpc) is 2.39. The summed E-state index contributed by atoms with van der Waals surface area (Å²) < 4.78 is 0. The Morgan fingerprint density at radius 1 is 0.588 bits per heavy atom. The Morgan fingerprint density at radius 3 is 1.18 bits per heavy atom. The van der Waals surface area contributed by atoms with E-state index in [9.17, 15) is 0 Å². The topological polar surface area (TPSA) is 0 Å². The van der Waals surface area contributed by atoms with Crippen molar-refractivity contribution in [3.8, 4) is 0 Å². The van der Waals surface area contributed by atoms with Crippen molar-refractivity contribution in [3.63, 3.8) is 0 Å². The van der Waals surface area contributed by atoms with Gasteiger partial charge >= 0.3 is 0 Å². The van der Waals surface area contributed by atoms with Gasteiger partial charge in [-0.05, 0) is 22.3 Å². The molecule has 1 heteroatoms. The fourth-order valence-corrected chi connectivity index (χ4v) is 1.63. The maximum atomic E-state index is 4.10. The quantitative estimate of drug-likeness (QED) is 0.552. The predicted octanol–water partition coefficient (Wildman–Crippen LogP) is 4.03. The van der Waals surface area contributed by atoms with Crippen LogP contribution < -0.4 is 0 Å². The van der Waals surface area contributed by atoms with Gasteiger partial charge in [0.05, 0.1) is 0 Å². The third kappa shape index (κ3) is 3.32. The van der Waals surface area contributed by atoms with Crippen LogP contribution in [0.3, 0.4) is 0 Å². The highest BCUT2D eigenvalue weighted by Gasteiger charge is 2.04. The van der Waals surface area contributed by atoms with E-state index in [1.165, 1.54) is 0 Å². The van der Waals surface area contributed by atoms with Gasteiger partial charge in [-0.25, -0.2) is 0 Å². The van der Waals surface area contributed by atoms with E-state index in [4.69, 9.17) is 0 Å². The first-order chi connectivity index (χ1) is 7.79. The Bertz CT molecular complexity index is 448. The molecule has 80 valence electrons. The molecule has 0 fully saturated rings. The second-order valence-electron chi connectivity index (χ2n) is 3.69. The molecule has 0 saturated heterocycles. The smallest absolute Gasteiger partial charge is 0 e. The van der Waals surface area contributed by atoms with E-state index in [2.05, 4.69) is 37.4 Å². The number of rotatable bonds is 3. The van der Waals surface area contributed by atoms with E-state index in [0.29, 0.717) is 0 Å². The second-order valence-corrected chi connectivity index (χ2v) is 3.69. The van der Waals surface area contributed by atoms with Crippen LogP contribution in [0.15, 0.2) is 73.8 Å². The molecule has 2 aromatic carbocycles. The summed E-state index contributed by atoms with van der Waals surface area (Å²) in [5.74, 6) is 0. The van der Waals surface area contributed by atoms with Crippen LogP contribution >= 0.6 is 0 Å². The number of hydrogen-bond donors (Lipinski definition) is 0. The summed E-state index contributed by atoms with van der Waals surface area (Å²) in [6.45, 7) is 8.20. The molecule has 0 N–H and O–H groups in total. The third-order valence-corrected chi connectivity index (χ3v) is 2.61. The summed E-state index contributed by atoms with van der Waals surface area (Å²) in [6.07, 6.45) is 0. The minimum absolute atomic E-state index is 0. The monoisotopic (exact) mass is 230 g/mol. The van der Waals surface area contributed by atoms with Gasteiger partial charge in [0.15, 0.2) is 0 Å². The summed E-state index contributed by atoms with van der Waals surface area (Å²) in [7, 11) is 0. The van der Waals surface area contributed by atoms with E-state index >= 15 is 0 Å². The lowest BCUT2D eigenvalue weighted by atomic mass is 9.95. The molecule has 2 radical (unpaired) electrons. The lowest BCUT2D eigenvalue weighted by Gasteiger charge is -2.09. The van der Waals surface area contributed by atoms with Gasteiger partial charge in [0.1, 0.15) is 0 Å². The van der Waals surface area contributed by atoms with E-state index in [-0.39, 0.29) is 23.1 Å². The minimum Gasteiger partial charge on any atom is -0.0906 e. The predicted molar refractivity (Wildman–Crippen MR) is 76.7 cm³/mol. The molecule has 0 heterocycles. The van der Waals surface area contributed by atoms with Gasteiger partial charge in [0.2, 0.25) is 0 Å². The van der Waals surface area contributed by atoms with Crippen LogP contribution in [0.1, 0.15) is 11.1 Å². The van der Waals surface area contributed by atoms with Crippen molar-refractivity contribution in [1.29, 1.82) is 0 Å². The second kappa shape index (κ2) is 6.43. The van der Waals surface area contributed by atoms with Gasteiger partial charge < -0.3 is 0 Å². The molecule has 2 rings (SSSR count). The van der Waals surface area contributed by atoms with Crippen LogP contribution in [0.5, 0.6) is 0 Å². The lowest BCUT2D eigenvalue weighted by molar-refractivity contribution is 1.60. The van der Waals surface area contributed by atoms with Gasteiger partial charge in [-0.1, -0.05) is 73.8 Å². The highest BCUT2D eigenvalue weighted by Crippen LogP contribution is 2.27. The Labute approximate surface area is 119 Å². The Balaban J connectivity index is 0.00000144. The summed E-state index contributed by atoms with van der Waals surface area (Å²) in [6, 6.07) is 20.3. The van der Waals surface area contributed by atoms with Gasteiger partial charge in [-0.15, -0.1) is 0 Å². The molecule has 0 aromatic heterocycles. The van der Waals surface area contributed by atoms with Crippen LogP contribution in [-0.4, -0.2) is 23.1 Å². The molecule has 0 amide bonds. The van der Waals surface area contributed by atoms with Gasteiger partial charge in [-0.3, -0.25) is 0 Å². The van der Waals surface area contributed by atoms with Crippen molar-refractivity contribution in [3.05, 3.63) is 84.9 Å². The number of benzene rings is 2. The minimum atomic E-state index is 0. The summed E-state index contributed by atoms with van der Waals surface area (Å²) in [4.78, 5) is 0. The van der Waals surface area contributed by atoms with E-state index < -0.39 is 0 Å². The molecule has 0 aliphatic rings. The average molecular weight is 231 g/mol. The molecule has 0 bridgehead atoms. The molecule has 0 atom stereocenters. The third-order valence-electron chi connectivity index (χ3n) is 2.61. The highest BCUT2D eigenvalue weighted by atomic mass is 24.3. The zero-order valence-electron chi connectivity index (χ0n) is 9.89. The SMILES string of the molecule is C=C(C(=C)c1ccccc1)c1ccccc1.[Mg]. The summed E-state index contributed by atoms with van der Waals surface area (Å²) in [5, 5.41) is 0. The fourth-order valence-electron chi connectivity index (χ4n) is 1.63. The largest absolute Gasteiger partial charge is 0.0906 e. The van der Waals surface area contributed by atoms with Crippen molar-refractivity contribution in [2.45, 2.75) is 0 Å². The molecule has 0 aliphatic carbocycles. The van der Waals surface area contributed by atoms with Crippen molar-refractivity contribution in [1.82, 2.24) is 0 Å². The Hall–Kier alpha value is -1.31. The Morgan fingerprint density at radius 2 is 0.882 bits per heavy atom.